The molecule has 0 aliphatic carbocycles. The van der Waals surface area contributed by atoms with E-state index in [2.05, 4.69) is 102 Å². The second-order valence-electron chi connectivity index (χ2n) is 13.7. The zero-order valence-corrected chi connectivity index (χ0v) is 29.7. The predicted molar refractivity (Wildman–Crippen MR) is 237 cm³/mol. The number of aromatic nitrogens is 2. The predicted octanol–water partition coefficient (Wildman–Crippen LogP) is 3.61. The van der Waals surface area contributed by atoms with Gasteiger partial charge in [-0.15, -0.1) is 10.9 Å². The fourth-order valence-corrected chi connectivity index (χ4v) is 8.14. The zero-order chi connectivity index (χ0) is 37.4. The first-order valence-corrected chi connectivity index (χ1v) is 17.8. The second kappa shape index (κ2) is 13.1. The van der Waals surface area contributed by atoms with Crippen LogP contribution >= 0.6 is 0 Å². The summed E-state index contributed by atoms with van der Waals surface area (Å²) in [6.07, 6.45) is 0.841. The highest BCUT2D eigenvalue weighted by molar-refractivity contribution is 6.72. The van der Waals surface area contributed by atoms with E-state index in [1.54, 1.807) is 0 Å². The van der Waals surface area contributed by atoms with E-state index in [4.69, 9.17) is 59.9 Å². The van der Waals surface area contributed by atoms with Crippen molar-refractivity contribution in [3.63, 3.8) is 0 Å². The van der Waals surface area contributed by atoms with Gasteiger partial charge in [-0.25, -0.2) is 4.98 Å². The molecule has 54 heavy (non-hydrogen) atoms. The summed E-state index contributed by atoms with van der Waals surface area (Å²) in [7, 11) is 46.1. The van der Waals surface area contributed by atoms with Gasteiger partial charge in [-0.2, -0.15) is 0 Å². The second-order valence-corrected chi connectivity index (χ2v) is 13.7. The molecule has 0 bridgehead atoms. The van der Waals surface area contributed by atoms with E-state index in [1.165, 1.54) is 0 Å². The maximum absolute atomic E-state index is 7.02. The molecule has 236 valence electrons. The molecule has 9 rings (SSSR count). The van der Waals surface area contributed by atoms with Crippen LogP contribution in [0.15, 0.2) is 121 Å². The van der Waals surface area contributed by atoms with Crippen molar-refractivity contribution in [1.82, 2.24) is 9.55 Å². The molecule has 0 unspecified atom stereocenters. The number of hydrogen-bond donors (Lipinski definition) is 0. The highest BCUT2D eigenvalue weighted by Gasteiger charge is 2.22. The Morgan fingerprint density at radius 3 is 1.43 bits per heavy atom. The van der Waals surface area contributed by atoms with E-state index < -0.39 is 0 Å². The van der Waals surface area contributed by atoms with Crippen LogP contribution in [0.3, 0.4) is 0 Å². The molecule has 1 aromatic heterocycles. The molecule has 0 fully saturated rings. The molecule has 9 heteroatoms. The Bertz CT molecular complexity index is 2930. The molecule has 9 aromatic rings. The number of aryl methyl sites for hydroxylation is 1. The number of para-hydroxylation sites is 2. The molecule has 0 saturated carbocycles. The van der Waals surface area contributed by atoms with Crippen LogP contribution in [0, 0.1) is 0 Å². The number of fused-ring (bicyclic) bond motifs is 4. The number of imidazole rings is 1. The van der Waals surface area contributed by atoms with Crippen LogP contribution < -0.4 is 38.2 Å². The normalized spacial score (nSPS) is 11.6. The average molecular weight is 669 g/mol. The Balaban J connectivity index is 1.20. The third kappa shape index (κ3) is 5.08. The summed E-state index contributed by atoms with van der Waals surface area (Å²) in [5.41, 5.74) is 10.6. The third-order valence-electron chi connectivity index (χ3n) is 10.8. The molecule has 2 nitrogen and oxygen atoms in total. The molecule has 8 aromatic carbocycles. The molecule has 0 aliphatic rings. The van der Waals surface area contributed by atoms with Crippen molar-refractivity contribution in [2.45, 2.75) is 13.3 Å². The Labute approximate surface area is 324 Å². The Morgan fingerprint density at radius 2 is 0.870 bits per heavy atom. The summed E-state index contributed by atoms with van der Waals surface area (Å²) < 4.78 is 2.24. The van der Waals surface area contributed by atoms with Crippen LogP contribution in [-0.2, 0) is 6.42 Å². The summed E-state index contributed by atoms with van der Waals surface area (Å²) in [5, 5.41) is 4.81. The number of hydrogen-bond acceptors (Lipinski definition) is 1. The molecule has 14 radical (unpaired) electrons. The van der Waals surface area contributed by atoms with Gasteiger partial charge in [0.1, 0.15) is 60.7 Å². The van der Waals surface area contributed by atoms with Gasteiger partial charge in [-0.3, -0.25) is 4.57 Å². The molecule has 0 aliphatic heterocycles. The first kappa shape index (κ1) is 34.2. The molecule has 0 N–H and O–H groups in total. The van der Waals surface area contributed by atoms with Gasteiger partial charge in [0, 0.05) is 12.1 Å². The van der Waals surface area contributed by atoms with E-state index in [9.17, 15) is 0 Å². The van der Waals surface area contributed by atoms with E-state index in [-0.39, 0.29) is 27.3 Å². The van der Waals surface area contributed by atoms with Crippen molar-refractivity contribution in [2.24, 2.45) is 0 Å². The summed E-state index contributed by atoms with van der Waals surface area (Å²) in [5.74, 6) is 1.04. The quantitative estimate of drug-likeness (QED) is 0.203. The van der Waals surface area contributed by atoms with Crippen LogP contribution in [0.5, 0.6) is 0 Å². The molecule has 1 heterocycles. The van der Waals surface area contributed by atoms with Gasteiger partial charge >= 0.3 is 0 Å². The smallest absolute Gasteiger partial charge is 0.115 e. The lowest BCUT2D eigenvalue weighted by molar-refractivity contribution is 0.908. The van der Waals surface area contributed by atoms with Gasteiger partial charge in [0.2, 0.25) is 0 Å². The van der Waals surface area contributed by atoms with Crippen molar-refractivity contribution < 1.29 is 0 Å². The average Bonchev–Trinajstić information content (AvgIpc) is 3.59. The zero-order valence-electron chi connectivity index (χ0n) is 29.7. The topological polar surface area (TPSA) is 17.8 Å². The Morgan fingerprint density at radius 1 is 0.426 bits per heavy atom. The number of benzene rings is 8. The monoisotopic (exact) mass is 670 g/mol. The standard InChI is InChI=1S/C45H25B7N2/c1-2-33-53-31-13-7-8-14-32(31)54(33)26-21-19-24(20-22-26)23-15-17-25(18-16-23)34-27-9-3-5-11-29(27)35(30-12-6-4-10-28(30)34)36-39(46)37-38(41(48)40(36)47)43(50)45(52)44(51)42(37)49/h3-22H,2H2,1H3. The largest absolute Gasteiger partial charge is 0.296 e. The minimum absolute atomic E-state index is 0.148. The molecular weight excluding hydrogens is 644 g/mol. The fraction of sp³-hybridized carbons (Fsp3) is 0.0444. The summed E-state index contributed by atoms with van der Waals surface area (Å²) in [6, 6.07) is 42.2. The van der Waals surface area contributed by atoms with Crippen LogP contribution in [0.1, 0.15) is 12.7 Å². The SMILES string of the molecule is [B]c1c([B])c([B])c2c([B])c(-c3c4ccccc4c(-c4ccc(-c5ccc(-n6c(CC)nc7ccccc76)cc5)cc4)c4ccccc34)c([B])c([B])c2c1[B]. The molecule has 0 atom stereocenters. The van der Waals surface area contributed by atoms with Crippen LogP contribution in [-0.4, -0.2) is 64.5 Å². The maximum atomic E-state index is 7.02. The van der Waals surface area contributed by atoms with Gasteiger partial charge < -0.3 is 0 Å². The summed E-state index contributed by atoms with van der Waals surface area (Å²) in [4.78, 5) is 4.86. The van der Waals surface area contributed by atoms with Crippen molar-refractivity contribution in [3.8, 4) is 39.1 Å². The van der Waals surface area contributed by atoms with Gasteiger partial charge in [-0.1, -0.05) is 131 Å². The molecule has 0 saturated heterocycles. The Kier molecular flexibility index (Phi) is 8.30. The summed E-state index contributed by atoms with van der Waals surface area (Å²) >= 11 is 0. The lowest BCUT2D eigenvalue weighted by atomic mass is 9.58. The third-order valence-corrected chi connectivity index (χ3v) is 10.8. The molecular formula is C45H25B7N2. The van der Waals surface area contributed by atoms with Gasteiger partial charge in [-0.05, 0) is 90.0 Å². The number of nitrogens with zero attached hydrogens (tertiary/aromatic N) is 2. The van der Waals surface area contributed by atoms with Crippen molar-refractivity contribution in [1.29, 1.82) is 0 Å². The highest BCUT2D eigenvalue weighted by atomic mass is 15.1. The number of rotatable bonds is 5. The van der Waals surface area contributed by atoms with Crippen molar-refractivity contribution in [3.05, 3.63) is 127 Å². The molecule has 0 spiro atoms. The first-order chi connectivity index (χ1) is 26.2. The van der Waals surface area contributed by atoms with Crippen molar-refractivity contribution >= 4 is 137 Å². The Hall–Kier alpha value is -5.54. The minimum Gasteiger partial charge on any atom is -0.296 e. The minimum atomic E-state index is 0.148. The first-order valence-electron chi connectivity index (χ1n) is 17.8. The van der Waals surface area contributed by atoms with Crippen LogP contribution in [0.2, 0.25) is 0 Å². The highest BCUT2D eigenvalue weighted by Crippen LogP contribution is 2.43. The fourth-order valence-electron chi connectivity index (χ4n) is 8.14. The van der Waals surface area contributed by atoms with Crippen molar-refractivity contribution in [2.75, 3.05) is 0 Å². The lowest BCUT2D eigenvalue weighted by Crippen LogP contribution is -2.52. The molecule has 0 amide bonds. The maximum Gasteiger partial charge on any atom is 0.115 e. The van der Waals surface area contributed by atoms with Crippen LogP contribution in [0.25, 0.3) is 82.4 Å². The van der Waals surface area contributed by atoms with E-state index >= 15 is 0 Å². The van der Waals surface area contributed by atoms with Crippen LogP contribution in [0.4, 0.5) is 0 Å². The van der Waals surface area contributed by atoms with Gasteiger partial charge in [0.15, 0.2) is 0 Å². The van der Waals surface area contributed by atoms with E-state index in [0.29, 0.717) is 27.3 Å². The lowest BCUT2D eigenvalue weighted by Gasteiger charge is -2.27. The van der Waals surface area contributed by atoms with Gasteiger partial charge in [0.25, 0.3) is 0 Å². The van der Waals surface area contributed by atoms with Gasteiger partial charge in [0.05, 0.1) is 11.0 Å². The van der Waals surface area contributed by atoms with E-state index in [0.717, 1.165) is 78.3 Å². The summed E-state index contributed by atoms with van der Waals surface area (Å²) in [6.45, 7) is 2.14. The van der Waals surface area contributed by atoms with E-state index in [1.807, 2.05) is 30.3 Å².